The summed E-state index contributed by atoms with van der Waals surface area (Å²) in [6.07, 6.45) is 1.98. The molecule has 0 saturated heterocycles. The van der Waals surface area contributed by atoms with Crippen molar-refractivity contribution in [3.05, 3.63) is 51.7 Å². The summed E-state index contributed by atoms with van der Waals surface area (Å²) in [5.41, 5.74) is 9.34. The Balaban J connectivity index is 2.21. The number of rotatable bonds is 3. The minimum atomic E-state index is -0.327. The van der Waals surface area contributed by atoms with Crippen LogP contribution in [-0.4, -0.2) is 21.4 Å². The van der Waals surface area contributed by atoms with E-state index in [1.165, 1.54) is 0 Å². The molecular formula is C15H14N4O2. The molecule has 1 aromatic carbocycles. The summed E-state index contributed by atoms with van der Waals surface area (Å²) in [5.74, 6) is 0.379. The van der Waals surface area contributed by atoms with E-state index in [4.69, 9.17) is 5.73 Å². The highest BCUT2D eigenvalue weighted by molar-refractivity contribution is 6.08. The molecule has 0 aliphatic rings. The smallest absolute Gasteiger partial charge is 0.207 e. The maximum absolute atomic E-state index is 10.5. The highest BCUT2D eigenvalue weighted by Crippen LogP contribution is 2.27. The predicted molar refractivity (Wildman–Crippen MR) is 81.8 cm³/mol. The summed E-state index contributed by atoms with van der Waals surface area (Å²) in [7, 11) is 0. The van der Waals surface area contributed by atoms with E-state index >= 15 is 0 Å². The number of hydrogen-bond donors (Lipinski definition) is 1. The number of aryl methyl sites for hydroxylation is 1. The van der Waals surface area contributed by atoms with Gasteiger partial charge in [-0.2, -0.15) is 0 Å². The van der Waals surface area contributed by atoms with Crippen LogP contribution >= 0.6 is 0 Å². The third-order valence-electron chi connectivity index (χ3n) is 3.45. The van der Waals surface area contributed by atoms with Crippen LogP contribution in [0.25, 0.3) is 21.8 Å². The number of nitrogens with two attached hydrogens (primary N) is 1. The number of anilines is 1. The minimum absolute atomic E-state index is 0.106. The van der Waals surface area contributed by atoms with E-state index in [0.717, 1.165) is 27.4 Å². The average Bonchev–Trinajstić information content (AvgIpc) is 2.44. The molecule has 0 radical (unpaired) electrons. The lowest BCUT2D eigenvalue weighted by Gasteiger charge is -2.08. The summed E-state index contributed by atoms with van der Waals surface area (Å²) in [5, 5.41) is 12.3. The summed E-state index contributed by atoms with van der Waals surface area (Å²) >= 11 is 0. The van der Waals surface area contributed by atoms with Gasteiger partial charge in [-0.1, -0.05) is 12.1 Å². The van der Waals surface area contributed by atoms with Crippen molar-refractivity contribution in [1.29, 1.82) is 0 Å². The van der Waals surface area contributed by atoms with Crippen LogP contribution in [-0.2, 0) is 6.42 Å². The topological polar surface area (TPSA) is 94.9 Å². The van der Waals surface area contributed by atoms with Gasteiger partial charge in [-0.15, -0.1) is 0 Å². The van der Waals surface area contributed by atoms with Crippen LogP contribution in [0.1, 0.15) is 11.1 Å². The molecule has 0 spiro atoms. The molecule has 0 amide bonds. The van der Waals surface area contributed by atoms with Crippen LogP contribution in [0.4, 0.5) is 5.82 Å². The van der Waals surface area contributed by atoms with Crippen LogP contribution < -0.4 is 5.73 Å². The number of pyridine rings is 2. The monoisotopic (exact) mass is 282 g/mol. The van der Waals surface area contributed by atoms with Gasteiger partial charge in [0, 0.05) is 28.3 Å². The summed E-state index contributed by atoms with van der Waals surface area (Å²) in [6.45, 7) is 1.89. The lowest BCUT2D eigenvalue weighted by molar-refractivity contribution is -0.479. The molecule has 0 aliphatic heterocycles. The zero-order valence-electron chi connectivity index (χ0n) is 11.5. The molecule has 106 valence electrons. The normalized spacial score (nSPS) is 11.1. The Labute approximate surface area is 120 Å². The number of nitrogen functional groups attached to an aromatic ring is 1. The molecule has 21 heavy (non-hydrogen) atoms. The molecule has 6 heteroatoms. The highest BCUT2D eigenvalue weighted by Gasteiger charge is 2.09. The molecule has 0 bridgehead atoms. The van der Waals surface area contributed by atoms with Gasteiger partial charge in [0.2, 0.25) is 6.54 Å². The fourth-order valence-corrected chi connectivity index (χ4v) is 2.42. The standard InChI is InChI=1S/C15H14N4O2/c1-9-2-3-11-12-7-10(4-5-19(20)21)8-17-14(12)15(16)18-13(11)6-9/h2-3,6-8H,4-5H2,1H3,(H2,16,18). The molecule has 0 fully saturated rings. The third kappa shape index (κ3) is 2.47. The van der Waals surface area contributed by atoms with Crippen LogP contribution in [0.15, 0.2) is 30.5 Å². The zero-order chi connectivity index (χ0) is 15.0. The van der Waals surface area contributed by atoms with Crippen LogP contribution in [0.5, 0.6) is 0 Å². The molecule has 2 aromatic heterocycles. The van der Waals surface area contributed by atoms with Crippen LogP contribution in [0.3, 0.4) is 0 Å². The largest absolute Gasteiger partial charge is 0.382 e. The number of nitro groups is 1. The Morgan fingerprint density at radius 2 is 2.10 bits per heavy atom. The van der Waals surface area contributed by atoms with Crippen molar-refractivity contribution < 1.29 is 4.92 Å². The fraction of sp³-hybridized carbons (Fsp3) is 0.200. The number of benzene rings is 1. The van der Waals surface area contributed by atoms with E-state index in [0.29, 0.717) is 17.8 Å². The van der Waals surface area contributed by atoms with Crippen molar-refractivity contribution in [3.63, 3.8) is 0 Å². The second-order valence-corrected chi connectivity index (χ2v) is 5.06. The molecule has 0 unspecified atom stereocenters. The van der Waals surface area contributed by atoms with E-state index in [2.05, 4.69) is 9.97 Å². The number of hydrogen-bond acceptors (Lipinski definition) is 5. The van der Waals surface area contributed by atoms with Crippen molar-refractivity contribution in [2.24, 2.45) is 0 Å². The average molecular weight is 282 g/mol. The van der Waals surface area contributed by atoms with Gasteiger partial charge < -0.3 is 5.73 Å². The zero-order valence-corrected chi connectivity index (χ0v) is 11.5. The van der Waals surface area contributed by atoms with Crippen LogP contribution in [0, 0.1) is 17.0 Å². The van der Waals surface area contributed by atoms with Gasteiger partial charge in [-0.05, 0) is 30.2 Å². The molecule has 0 aliphatic carbocycles. The van der Waals surface area contributed by atoms with E-state index in [1.807, 2.05) is 31.2 Å². The second kappa shape index (κ2) is 4.97. The Bertz CT molecular complexity index is 861. The van der Waals surface area contributed by atoms with Gasteiger partial charge in [0.25, 0.3) is 0 Å². The lowest BCUT2D eigenvalue weighted by atomic mass is 10.0. The molecule has 2 N–H and O–H groups in total. The maximum atomic E-state index is 10.5. The first-order valence-electron chi connectivity index (χ1n) is 6.61. The van der Waals surface area contributed by atoms with E-state index < -0.39 is 0 Å². The third-order valence-corrected chi connectivity index (χ3v) is 3.45. The Morgan fingerprint density at radius 1 is 1.29 bits per heavy atom. The number of nitrogens with zero attached hydrogens (tertiary/aromatic N) is 3. The molecule has 2 heterocycles. The Morgan fingerprint density at radius 3 is 2.86 bits per heavy atom. The van der Waals surface area contributed by atoms with Crippen molar-refractivity contribution in [3.8, 4) is 0 Å². The Hall–Kier alpha value is -2.76. The summed E-state index contributed by atoms with van der Waals surface area (Å²) < 4.78 is 0. The first kappa shape index (κ1) is 13.2. The number of fused-ring (bicyclic) bond motifs is 3. The van der Waals surface area contributed by atoms with Gasteiger partial charge in [0.15, 0.2) is 5.82 Å². The van der Waals surface area contributed by atoms with Gasteiger partial charge in [0.1, 0.15) is 5.52 Å². The quantitative estimate of drug-likeness (QED) is 0.452. The van der Waals surface area contributed by atoms with Crippen LogP contribution in [0.2, 0.25) is 0 Å². The van der Waals surface area contributed by atoms with Gasteiger partial charge in [-0.3, -0.25) is 15.1 Å². The van der Waals surface area contributed by atoms with E-state index in [-0.39, 0.29) is 11.5 Å². The lowest BCUT2D eigenvalue weighted by Crippen LogP contribution is -2.04. The van der Waals surface area contributed by atoms with Gasteiger partial charge in [-0.25, -0.2) is 4.98 Å². The van der Waals surface area contributed by atoms with Gasteiger partial charge >= 0.3 is 0 Å². The highest BCUT2D eigenvalue weighted by atomic mass is 16.6. The van der Waals surface area contributed by atoms with E-state index in [1.54, 1.807) is 6.20 Å². The number of aromatic nitrogens is 2. The minimum Gasteiger partial charge on any atom is -0.382 e. The SMILES string of the molecule is Cc1ccc2c(c1)nc(N)c1ncc(CC[N+](=O)[O-])cc12. The molecule has 0 saturated carbocycles. The van der Waals surface area contributed by atoms with Crippen molar-refractivity contribution in [2.75, 3.05) is 12.3 Å². The maximum Gasteiger partial charge on any atom is 0.207 e. The van der Waals surface area contributed by atoms with Crippen molar-refractivity contribution in [1.82, 2.24) is 9.97 Å². The first-order valence-corrected chi connectivity index (χ1v) is 6.61. The van der Waals surface area contributed by atoms with E-state index in [9.17, 15) is 10.1 Å². The molecule has 3 aromatic rings. The molecule has 3 rings (SSSR count). The molecule has 6 nitrogen and oxygen atoms in total. The first-order chi connectivity index (χ1) is 10.0. The van der Waals surface area contributed by atoms with Crippen molar-refractivity contribution in [2.45, 2.75) is 13.3 Å². The molecular weight excluding hydrogens is 268 g/mol. The second-order valence-electron chi connectivity index (χ2n) is 5.06. The fourth-order valence-electron chi connectivity index (χ4n) is 2.42. The predicted octanol–water partition coefficient (Wildman–Crippen LogP) is 2.49. The Kier molecular flexibility index (Phi) is 3.13. The summed E-state index contributed by atoms with van der Waals surface area (Å²) in [6, 6.07) is 7.87. The van der Waals surface area contributed by atoms with Crippen molar-refractivity contribution >= 4 is 27.6 Å². The molecule has 0 atom stereocenters. The summed E-state index contributed by atoms with van der Waals surface area (Å²) in [4.78, 5) is 18.9. The van der Waals surface area contributed by atoms with Gasteiger partial charge in [0.05, 0.1) is 5.52 Å².